The van der Waals surface area contributed by atoms with Gasteiger partial charge >= 0.3 is 6.18 Å². The van der Waals surface area contributed by atoms with Gasteiger partial charge in [0.1, 0.15) is 12.4 Å². The van der Waals surface area contributed by atoms with Crippen LogP contribution in [0.25, 0.3) is 10.9 Å². The van der Waals surface area contributed by atoms with Crippen LogP contribution in [-0.4, -0.2) is 52.2 Å². The molecular formula is C24H23F6N5O2. The Labute approximate surface area is 207 Å². The summed E-state index contributed by atoms with van der Waals surface area (Å²) in [5, 5.41) is 20.1. The Morgan fingerprint density at radius 1 is 1.16 bits per heavy atom. The second-order valence-corrected chi connectivity index (χ2v) is 9.31. The summed E-state index contributed by atoms with van der Waals surface area (Å²) in [4.78, 5) is 5.60. The summed E-state index contributed by atoms with van der Waals surface area (Å²) in [5.41, 5.74) is -2.14. The highest BCUT2D eigenvalue weighted by Crippen LogP contribution is 2.45. The van der Waals surface area contributed by atoms with E-state index in [4.69, 9.17) is 9.84 Å². The summed E-state index contributed by atoms with van der Waals surface area (Å²) < 4.78 is 90.6. The summed E-state index contributed by atoms with van der Waals surface area (Å²) >= 11 is 0. The Hall–Kier alpha value is -3.19. The standard InChI is InChI=1S/C24H23F6N5O2/c1-11(15-4-3-5-17(19(15)25)23(26,27)10-36)31-22-16-7-18(35-13-6-14(35)9-37-8-13)21(24(28,29)30)32-20(16)12(2)33-34-22/h3-5,7,11,13-14,36H,6,8-10H2,1-2H3,(H,31,34)/t11-,13?,14?/m1/s1. The number of rotatable bonds is 6. The van der Waals surface area contributed by atoms with Crippen molar-refractivity contribution in [1.29, 1.82) is 0 Å². The number of benzene rings is 1. The molecule has 198 valence electrons. The molecule has 4 heterocycles. The summed E-state index contributed by atoms with van der Waals surface area (Å²) in [6.07, 6.45) is -4.02. The van der Waals surface area contributed by atoms with E-state index in [0.717, 1.165) is 6.07 Å². The quantitative estimate of drug-likeness (QED) is 0.449. The van der Waals surface area contributed by atoms with Crippen LogP contribution in [0.15, 0.2) is 24.3 Å². The topological polar surface area (TPSA) is 83.4 Å². The molecule has 0 saturated carbocycles. The lowest BCUT2D eigenvalue weighted by atomic mass is 9.90. The minimum atomic E-state index is -4.73. The molecule has 5 rings (SSSR count). The molecule has 2 aliphatic rings. The molecule has 2 fully saturated rings. The van der Waals surface area contributed by atoms with Gasteiger partial charge in [0.25, 0.3) is 5.92 Å². The first-order valence-corrected chi connectivity index (χ1v) is 11.6. The van der Waals surface area contributed by atoms with Gasteiger partial charge in [-0.15, -0.1) is 5.10 Å². The third kappa shape index (κ3) is 4.33. The number of hydrogen-bond donors (Lipinski definition) is 2. The first-order valence-electron chi connectivity index (χ1n) is 11.6. The Balaban J connectivity index is 1.59. The number of alkyl halides is 5. The predicted molar refractivity (Wildman–Crippen MR) is 122 cm³/mol. The molecule has 1 aromatic carbocycles. The van der Waals surface area contributed by atoms with Gasteiger partial charge in [0.05, 0.1) is 53.8 Å². The van der Waals surface area contributed by atoms with Crippen LogP contribution >= 0.6 is 0 Å². The molecule has 3 atom stereocenters. The number of ether oxygens (including phenoxy) is 1. The molecular weight excluding hydrogens is 504 g/mol. The van der Waals surface area contributed by atoms with Gasteiger partial charge in [-0.2, -0.15) is 27.1 Å². The number of aryl methyl sites for hydroxylation is 1. The van der Waals surface area contributed by atoms with E-state index in [9.17, 15) is 22.0 Å². The summed E-state index contributed by atoms with van der Waals surface area (Å²) in [6, 6.07) is 3.39. The lowest BCUT2D eigenvalue weighted by Gasteiger charge is -2.54. The minimum Gasteiger partial charge on any atom is -0.390 e. The average Bonchev–Trinajstić information content (AvgIpc) is 2.85. The smallest absolute Gasteiger partial charge is 0.390 e. The van der Waals surface area contributed by atoms with Crippen molar-refractivity contribution >= 4 is 22.4 Å². The molecule has 3 aromatic rings. The third-order valence-corrected chi connectivity index (χ3v) is 6.84. The Morgan fingerprint density at radius 3 is 2.49 bits per heavy atom. The maximum absolute atomic E-state index is 15.0. The highest BCUT2D eigenvalue weighted by atomic mass is 19.4. The summed E-state index contributed by atoms with van der Waals surface area (Å²) in [6.45, 7) is 2.00. The van der Waals surface area contributed by atoms with E-state index in [-0.39, 0.29) is 45.7 Å². The van der Waals surface area contributed by atoms with Crippen molar-refractivity contribution in [2.75, 3.05) is 30.0 Å². The van der Waals surface area contributed by atoms with E-state index < -0.39 is 41.8 Å². The number of aliphatic hydroxyl groups is 1. The van der Waals surface area contributed by atoms with Crippen LogP contribution in [0.2, 0.25) is 0 Å². The maximum atomic E-state index is 15.0. The molecule has 37 heavy (non-hydrogen) atoms. The van der Waals surface area contributed by atoms with Crippen LogP contribution in [0, 0.1) is 12.7 Å². The molecule has 0 amide bonds. The first-order chi connectivity index (χ1) is 17.4. The SMILES string of the molecule is Cc1nnc(N[C@H](C)c2cccc(C(F)(F)CO)c2F)c2cc(N3C4COCC3C4)c(C(F)(F)F)nc12. The maximum Gasteiger partial charge on any atom is 0.435 e. The number of pyridine rings is 1. The fourth-order valence-corrected chi connectivity index (χ4v) is 4.96. The number of hydrogen-bond acceptors (Lipinski definition) is 7. The summed E-state index contributed by atoms with van der Waals surface area (Å²) in [7, 11) is 0. The molecule has 7 nitrogen and oxygen atoms in total. The molecule has 0 aliphatic carbocycles. The first kappa shape index (κ1) is 25.5. The van der Waals surface area contributed by atoms with E-state index in [1.807, 2.05) is 0 Å². The van der Waals surface area contributed by atoms with Gasteiger partial charge in [-0.25, -0.2) is 9.37 Å². The zero-order valence-corrected chi connectivity index (χ0v) is 19.8. The van der Waals surface area contributed by atoms with Crippen LogP contribution in [0.4, 0.5) is 37.8 Å². The number of aliphatic hydroxyl groups excluding tert-OH is 1. The largest absolute Gasteiger partial charge is 0.435 e. The lowest BCUT2D eigenvalue weighted by Crippen LogP contribution is -2.64. The van der Waals surface area contributed by atoms with Crippen LogP contribution < -0.4 is 10.2 Å². The highest BCUT2D eigenvalue weighted by Gasteiger charge is 2.47. The highest BCUT2D eigenvalue weighted by molar-refractivity contribution is 5.93. The van der Waals surface area contributed by atoms with Crippen molar-refractivity contribution in [1.82, 2.24) is 15.2 Å². The monoisotopic (exact) mass is 527 g/mol. The molecule has 2 aliphatic heterocycles. The van der Waals surface area contributed by atoms with Crippen molar-refractivity contribution in [3.63, 3.8) is 0 Å². The van der Waals surface area contributed by atoms with Crippen LogP contribution in [0.1, 0.15) is 41.9 Å². The normalized spacial score (nSPS) is 20.6. The molecule has 2 saturated heterocycles. The van der Waals surface area contributed by atoms with E-state index >= 15 is 4.39 Å². The fourth-order valence-electron chi connectivity index (χ4n) is 4.96. The second kappa shape index (κ2) is 8.98. The van der Waals surface area contributed by atoms with E-state index in [0.29, 0.717) is 19.6 Å². The molecule has 2 aromatic heterocycles. The van der Waals surface area contributed by atoms with Crippen molar-refractivity contribution in [2.24, 2.45) is 0 Å². The van der Waals surface area contributed by atoms with Gasteiger partial charge in [-0.3, -0.25) is 0 Å². The van der Waals surface area contributed by atoms with Crippen molar-refractivity contribution in [3.8, 4) is 0 Å². The molecule has 2 unspecified atom stereocenters. The molecule has 0 radical (unpaired) electrons. The number of nitrogens with zero attached hydrogens (tertiary/aromatic N) is 4. The van der Waals surface area contributed by atoms with Crippen LogP contribution in [0.5, 0.6) is 0 Å². The minimum absolute atomic E-state index is 0.0243. The van der Waals surface area contributed by atoms with Gasteiger partial charge in [-0.05, 0) is 32.4 Å². The lowest BCUT2D eigenvalue weighted by molar-refractivity contribution is -0.140. The molecule has 13 heteroatoms. The number of anilines is 2. The Bertz CT molecular complexity index is 1340. The van der Waals surface area contributed by atoms with Crippen molar-refractivity contribution in [3.05, 3.63) is 52.6 Å². The van der Waals surface area contributed by atoms with Crippen LogP contribution in [-0.2, 0) is 16.8 Å². The second-order valence-electron chi connectivity index (χ2n) is 9.31. The Kier molecular flexibility index (Phi) is 6.18. The number of nitrogens with one attached hydrogen (secondary N) is 1. The van der Waals surface area contributed by atoms with Crippen LogP contribution in [0.3, 0.4) is 0 Å². The fraction of sp³-hybridized carbons (Fsp3) is 0.458. The predicted octanol–water partition coefficient (Wildman–Crippen LogP) is 4.73. The zero-order valence-electron chi connectivity index (χ0n) is 19.8. The van der Waals surface area contributed by atoms with Crippen molar-refractivity contribution in [2.45, 2.75) is 50.5 Å². The van der Waals surface area contributed by atoms with Gasteiger partial charge in [0.15, 0.2) is 11.5 Å². The van der Waals surface area contributed by atoms with Gasteiger partial charge in [-0.1, -0.05) is 12.1 Å². The van der Waals surface area contributed by atoms with Crippen molar-refractivity contribution < 1.29 is 36.2 Å². The zero-order chi connectivity index (χ0) is 26.7. The Morgan fingerprint density at radius 2 is 1.86 bits per heavy atom. The number of halogens is 6. The molecule has 0 spiro atoms. The number of aromatic nitrogens is 3. The van der Waals surface area contributed by atoms with E-state index in [2.05, 4.69) is 20.5 Å². The number of fused-ring (bicyclic) bond motifs is 3. The number of morpholine rings is 1. The van der Waals surface area contributed by atoms with Gasteiger partial charge in [0, 0.05) is 10.9 Å². The molecule has 2 bridgehead atoms. The summed E-state index contributed by atoms with van der Waals surface area (Å²) in [5.74, 6) is -4.98. The average molecular weight is 527 g/mol. The van der Waals surface area contributed by atoms with E-state index in [1.54, 1.807) is 4.90 Å². The van der Waals surface area contributed by atoms with E-state index in [1.165, 1.54) is 32.0 Å². The van der Waals surface area contributed by atoms with Gasteiger partial charge < -0.3 is 20.1 Å². The third-order valence-electron chi connectivity index (χ3n) is 6.84. The molecule has 2 N–H and O–H groups in total. The van der Waals surface area contributed by atoms with Gasteiger partial charge in [0.2, 0.25) is 0 Å².